The van der Waals surface area contributed by atoms with Gasteiger partial charge in [-0.1, -0.05) is 17.7 Å². The molecule has 108 valence electrons. The summed E-state index contributed by atoms with van der Waals surface area (Å²) in [5.41, 5.74) is 2.87. The maximum atomic E-state index is 6.18. The first-order valence-electron chi connectivity index (χ1n) is 6.74. The molecule has 22 heavy (non-hydrogen) atoms. The number of hydrogen-bond acceptors (Lipinski definition) is 5. The van der Waals surface area contributed by atoms with Gasteiger partial charge in [0.15, 0.2) is 5.82 Å². The molecule has 0 aliphatic heterocycles. The van der Waals surface area contributed by atoms with Gasteiger partial charge in [-0.05, 0) is 36.8 Å². The van der Waals surface area contributed by atoms with E-state index < -0.39 is 0 Å². The standard InChI is InChI=1S/C16H11ClN4S/c1-9-4-5-10(7-12(9)17)21-15-14-13(19-8-20-15)11-3-2-6-18-16(11)22-14/h2-8H,1H3,(H,19,20,21). The minimum absolute atomic E-state index is 0.730. The molecule has 1 aromatic carbocycles. The first-order valence-corrected chi connectivity index (χ1v) is 7.93. The molecule has 0 spiro atoms. The number of thiophene rings is 1. The zero-order valence-corrected chi connectivity index (χ0v) is 13.2. The topological polar surface area (TPSA) is 50.7 Å². The van der Waals surface area contributed by atoms with Crippen molar-refractivity contribution in [1.82, 2.24) is 15.0 Å². The Hall–Kier alpha value is -2.24. The number of fused-ring (bicyclic) bond motifs is 3. The van der Waals surface area contributed by atoms with Crippen LogP contribution in [0.4, 0.5) is 11.5 Å². The van der Waals surface area contributed by atoms with Crippen LogP contribution in [-0.2, 0) is 0 Å². The molecule has 4 aromatic rings. The van der Waals surface area contributed by atoms with Crippen molar-refractivity contribution in [1.29, 1.82) is 0 Å². The number of halogens is 1. The highest BCUT2D eigenvalue weighted by Gasteiger charge is 2.12. The SMILES string of the molecule is Cc1ccc(Nc2ncnc3c2sc2ncccc23)cc1Cl. The molecule has 0 atom stereocenters. The second-order valence-electron chi connectivity index (χ2n) is 4.95. The number of anilines is 2. The van der Waals surface area contributed by atoms with E-state index in [1.54, 1.807) is 23.9 Å². The average Bonchev–Trinajstić information content (AvgIpc) is 2.91. The Morgan fingerprint density at radius 2 is 2.05 bits per heavy atom. The van der Waals surface area contributed by atoms with Gasteiger partial charge >= 0.3 is 0 Å². The van der Waals surface area contributed by atoms with Gasteiger partial charge in [0.1, 0.15) is 11.2 Å². The third-order valence-corrected chi connectivity index (χ3v) is 4.98. The predicted octanol–water partition coefficient (Wildman–Crippen LogP) is 4.94. The van der Waals surface area contributed by atoms with Crippen molar-refractivity contribution in [2.24, 2.45) is 0 Å². The van der Waals surface area contributed by atoms with Gasteiger partial charge in [0.25, 0.3) is 0 Å². The van der Waals surface area contributed by atoms with Gasteiger partial charge in [-0.2, -0.15) is 0 Å². The molecular weight excluding hydrogens is 316 g/mol. The minimum Gasteiger partial charge on any atom is -0.339 e. The molecule has 0 aliphatic carbocycles. The molecule has 0 aliphatic rings. The van der Waals surface area contributed by atoms with Gasteiger partial charge in [0.05, 0.1) is 10.2 Å². The summed E-state index contributed by atoms with van der Waals surface area (Å²) in [6.07, 6.45) is 3.36. The summed E-state index contributed by atoms with van der Waals surface area (Å²) in [4.78, 5) is 14.1. The Balaban J connectivity index is 1.86. The largest absolute Gasteiger partial charge is 0.339 e. The normalized spacial score (nSPS) is 11.2. The highest BCUT2D eigenvalue weighted by molar-refractivity contribution is 7.25. The second-order valence-corrected chi connectivity index (χ2v) is 6.35. The number of nitrogens with one attached hydrogen (secondary N) is 1. The summed E-state index contributed by atoms with van der Waals surface area (Å²) in [5, 5.41) is 5.10. The molecule has 4 rings (SSSR count). The first-order chi connectivity index (χ1) is 10.7. The molecule has 3 aromatic heterocycles. The van der Waals surface area contributed by atoms with Crippen LogP contribution in [0.5, 0.6) is 0 Å². The fourth-order valence-electron chi connectivity index (χ4n) is 2.31. The third-order valence-electron chi connectivity index (χ3n) is 3.46. The molecule has 0 saturated carbocycles. The summed E-state index contributed by atoms with van der Waals surface area (Å²) in [7, 11) is 0. The molecule has 3 heterocycles. The van der Waals surface area contributed by atoms with Gasteiger partial charge < -0.3 is 5.32 Å². The van der Waals surface area contributed by atoms with Crippen LogP contribution in [-0.4, -0.2) is 15.0 Å². The van der Waals surface area contributed by atoms with Crippen molar-refractivity contribution in [2.45, 2.75) is 6.92 Å². The molecule has 0 bridgehead atoms. The Labute approximate surface area is 135 Å². The molecule has 0 saturated heterocycles. The Morgan fingerprint density at radius 3 is 2.91 bits per heavy atom. The average molecular weight is 327 g/mol. The van der Waals surface area contributed by atoms with E-state index in [1.807, 2.05) is 37.3 Å². The number of hydrogen-bond donors (Lipinski definition) is 1. The van der Waals surface area contributed by atoms with Crippen molar-refractivity contribution < 1.29 is 0 Å². The lowest BCUT2D eigenvalue weighted by molar-refractivity contribution is 1.23. The maximum absolute atomic E-state index is 6.18. The number of aryl methyl sites for hydroxylation is 1. The molecule has 4 nitrogen and oxygen atoms in total. The van der Waals surface area contributed by atoms with Gasteiger partial charge in [-0.25, -0.2) is 15.0 Å². The lowest BCUT2D eigenvalue weighted by atomic mass is 10.2. The summed E-state index contributed by atoms with van der Waals surface area (Å²) in [5.74, 6) is 0.771. The monoisotopic (exact) mass is 326 g/mol. The van der Waals surface area contributed by atoms with Crippen molar-refractivity contribution in [2.75, 3.05) is 5.32 Å². The van der Waals surface area contributed by atoms with Crippen molar-refractivity contribution >= 4 is 54.9 Å². The highest BCUT2D eigenvalue weighted by atomic mass is 35.5. The van der Waals surface area contributed by atoms with Crippen LogP contribution < -0.4 is 5.32 Å². The third kappa shape index (κ3) is 2.19. The van der Waals surface area contributed by atoms with E-state index in [4.69, 9.17) is 11.6 Å². The number of rotatable bonds is 2. The van der Waals surface area contributed by atoms with Gasteiger partial charge in [0.2, 0.25) is 0 Å². The Bertz CT molecular complexity index is 996. The molecule has 0 fully saturated rings. The van der Waals surface area contributed by atoms with Crippen molar-refractivity contribution in [3.8, 4) is 0 Å². The van der Waals surface area contributed by atoms with Crippen LogP contribution >= 0.6 is 22.9 Å². The highest BCUT2D eigenvalue weighted by Crippen LogP contribution is 2.35. The number of pyridine rings is 1. The van der Waals surface area contributed by atoms with Crippen LogP contribution in [0.3, 0.4) is 0 Å². The van der Waals surface area contributed by atoms with Gasteiger partial charge in [-0.3, -0.25) is 0 Å². The Morgan fingerprint density at radius 1 is 1.14 bits per heavy atom. The fourth-order valence-corrected chi connectivity index (χ4v) is 3.53. The van der Waals surface area contributed by atoms with Crippen molar-refractivity contribution in [3.63, 3.8) is 0 Å². The summed E-state index contributed by atoms with van der Waals surface area (Å²) in [6.45, 7) is 1.98. The summed E-state index contributed by atoms with van der Waals surface area (Å²) >= 11 is 7.77. The van der Waals surface area contributed by atoms with Crippen LogP contribution in [0.15, 0.2) is 42.9 Å². The van der Waals surface area contributed by atoms with Gasteiger partial charge in [-0.15, -0.1) is 11.3 Å². The molecule has 1 N–H and O–H groups in total. The second kappa shape index (κ2) is 5.19. The van der Waals surface area contributed by atoms with E-state index >= 15 is 0 Å². The van der Waals surface area contributed by atoms with E-state index in [1.165, 1.54) is 0 Å². The number of nitrogens with zero attached hydrogens (tertiary/aromatic N) is 3. The smallest absolute Gasteiger partial charge is 0.151 e. The molecule has 0 radical (unpaired) electrons. The van der Waals surface area contributed by atoms with Crippen LogP contribution in [0.1, 0.15) is 5.56 Å². The van der Waals surface area contributed by atoms with Crippen LogP contribution in [0.2, 0.25) is 5.02 Å². The first kappa shape index (κ1) is 13.4. The maximum Gasteiger partial charge on any atom is 0.151 e. The minimum atomic E-state index is 0.730. The zero-order chi connectivity index (χ0) is 15.1. The van der Waals surface area contributed by atoms with E-state index in [2.05, 4.69) is 20.3 Å². The number of benzene rings is 1. The zero-order valence-electron chi connectivity index (χ0n) is 11.7. The molecular formula is C16H11ClN4S. The van der Waals surface area contributed by atoms with E-state index in [-0.39, 0.29) is 0 Å². The lowest BCUT2D eigenvalue weighted by Crippen LogP contribution is -1.94. The Kier molecular flexibility index (Phi) is 3.17. The van der Waals surface area contributed by atoms with Crippen LogP contribution in [0, 0.1) is 6.92 Å². The van der Waals surface area contributed by atoms with Gasteiger partial charge in [0, 0.05) is 22.3 Å². The summed E-state index contributed by atoms with van der Waals surface area (Å²) < 4.78 is 0.993. The van der Waals surface area contributed by atoms with E-state index in [9.17, 15) is 0 Å². The predicted molar refractivity (Wildman–Crippen MR) is 92.2 cm³/mol. The number of aromatic nitrogens is 3. The molecule has 6 heteroatoms. The quantitative estimate of drug-likeness (QED) is 0.566. The van der Waals surface area contributed by atoms with Crippen LogP contribution in [0.25, 0.3) is 20.4 Å². The lowest BCUT2D eigenvalue weighted by Gasteiger charge is -2.07. The molecule has 0 amide bonds. The van der Waals surface area contributed by atoms with E-state index in [0.29, 0.717) is 0 Å². The van der Waals surface area contributed by atoms with Crippen molar-refractivity contribution in [3.05, 3.63) is 53.4 Å². The van der Waals surface area contributed by atoms with E-state index in [0.717, 1.165) is 42.5 Å². The molecule has 0 unspecified atom stereocenters. The fraction of sp³-hybridized carbons (Fsp3) is 0.0625. The summed E-state index contributed by atoms with van der Waals surface area (Å²) in [6, 6.07) is 9.82.